The van der Waals surface area contributed by atoms with Gasteiger partial charge in [-0.25, -0.2) is 0 Å². The molecule has 2 N–H and O–H groups in total. The van der Waals surface area contributed by atoms with Crippen LogP contribution in [-0.4, -0.2) is 54.5 Å². The highest BCUT2D eigenvalue weighted by atomic mass is 16.5. The number of hydrogen-bond donors (Lipinski definition) is 2. The van der Waals surface area contributed by atoms with Gasteiger partial charge in [-0.15, -0.1) is 0 Å². The molecule has 0 atom stereocenters. The van der Waals surface area contributed by atoms with E-state index in [1.807, 2.05) is 0 Å². The van der Waals surface area contributed by atoms with E-state index < -0.39 is 11.8 Å². The van der Waals surface area contributed by atoms with E-state index in [4.69, 9.17) is 28.4 Å². The molecule has 0 heterocycles. The van der Waals surface area contributed by atoms with Crippen molar-refractivity contribution >= 4 is 29.3 Å². The topological polar surface area (TPSA) is 114 Å². The number of carbonyl (C=O) groups excluding carboxylic acids is 2. The number of nitrogens with one attached hydrogen (secondary N) is 2. The number of benzene rings is 3. The van der Waals surface area contributed by atoms with Gasteiger partial charge in [0.05, 0.1) is 54.0 Å². The largest absolute Gasteiger partial charge is 0.493 e. The van der Waals surface area contributed by atoms with Gasteiger partial charge in [0.15, 0.2) is 23.0 Å². The standard InChI is InChI=1S/C28H30N2O8/c1-33-21-13-17(14-22(34-2)26(21)37-5)11-12-25(31)29-19-9-7-8-10-20(19)30-28(32)18-15-23(35-3)27(38-6)24(16-18)36-4/h7-16H,1-6H3,(H,29,31)(H,30,32)/b12-11+. The van der Waals surface area contributed by atoms with Crippen molar-refractivity contribution in [1.82, 2.24) is 0 Å². The van der Waals surface area contributed by atoms with Crippen LogP contribution in [0.2, 0.25) is 0 Å². The van der Waals surface area contributed by atoms with E-state index in [-0.39, 0.29) is 5.56 Å². The maximum absolute atomic E-state index is 13.0. The van der Waals surface area contributed by atoms with Gasteiger partial charge in [-0.2, -0.15) is 0 Å². The molecule has 0 saturated heterocycles. The van der Waals surface area contributed by atoms with Gasteiger partial charge in [-0.1, -0.05) is 12.1 Å². The summed E-state index contributed by atoms with van der Waals surface area (Å²) in [6, 6.07) is 13.4. The average Bonchev–Trinajstić information content (AvgIpc) is 2.95. The fraction of sp³-hybridized carbons (Fsp3) is 0.214. The number of hydrogen-bond acceptors (Lipinski definition) is 8. The molecular formula is C28H30N2O8. The lowest BCUT2D eigenvalue weighted by Gasteiger charge is -2.15. The van der Waals surface area contributed by atoms with E-state index in [1.165, 1.54) is 60.9 Å². The van der Waals surface area contributed by atoms with Crippen molar-refractivity contribution in [2.24, 2.45) is 0 Å². The Kier molecular flexibility index (Phi) is 9.42. The Bertz CT molecular complexity index is 1290. The van der Waals surface area contributed by atoms with Gasteiger partial charge in [-0.05, 0) is 48.0 Å². The second kappa shape index (κ2) is 12.9. The summed E-state index contributed by atoms with van der Waals surface area (Å²) in [5.41, 5.74) is 1.76. The van der Waals surface area contributed by atoms with Crippen molar-refractivity contribution in [3.05, 3.63) is 65.7 Å². The van der Waals surface area contributed by atoms with Gasteiger partial charge in [0.1, 0.15) is 0 Å². The summed E-state index contributed by atoms with van der Waals surface area (Å²) in [4.78, 5) is 25.8. The predicted octanol–water partition coefficient (Wildman–Crippen LogP) is 4.64. The van der Waals surface area contributed by atoms with Crippen LogP contribution >= 0.6 is 0 Å². The number of carbonyl (C=O) groups is 2. The molecule has 3 aromatic rings. The molecule has 0 radical (unpaired) electrons. The zero-order chi connectivity index (χ0) is 27.7. The first-order chi connectivity index (χ1) is 18.4. The first-order valence-corrected chi connectivity index (χ1v) is 11.4. The highest BCUT2D eigenvalue weighted by molar-refractivity contribution is 6.09. The molecule has 10 heteroatoms. The number of amides is 2. The Morgan fingerprint density at radius 1 is 0.632 bits per heavy atom. The van der Waals surface area contributed by atoms with E-state index in [9.17, 15) is 9.59 Å². The van der Waals surface area contributed by atoms with Crippen molar-refractivity contribution in [2.75, 3.05) is 53.3 Å². The fourth-order valence-corrected chi connectivity index (χ4v) is 3.65. The van der Waals surface area contributed by atoms with Gasteiger partial charge in [0, 0.05) is 11.6 Å². The SMILES string of the molecule is COc1cc(/C=C/C(=O)Nc2ccccc2NC(=O)c2cc(OC)c(OC)c(OC)c2)cc(OC)c1OC. The van der Waals surface area contributed by atoms with E-state index >= 15 is 0 Å². The Morgan fingerprint density at radius 3 is 1.53 bits per heavy atom. The third-order valence-corrected chi connectivity index (χ3v) is 5.47. The first-order valence-electron chi connectivity index (χ1n) is 11.4. The molecule has 0 aliphatic rings. The van der Waals surface area contributed by atoms with Gasteiger partial charge >= 0.3 is 0 Å². The number of ether oxygens (including phenoxy) is 6. The molecule has 10 nitrogen and oxygen atoms in total. The zero-order valence-electron chi connectivity index (χ0n) is 22.0. The normalized spacial score (nSPS) is 10.5. The highest BCUT2D eigenvalue weighted by Gasteiger charge is 2.18. The lowest BCUT2D eigenvalue weighted by molar-refractivity contribution is -0.111. The van der Waals surface area contributed by atoms with Gasteiger partial charge in [0.2, 0.25) is 17.4 Å². The Balaban J connectivity index is 1.80. The van der Waals surface area contributed by atoms with E-state index in [2.05, 4.69) is 10.6 Å². The van der Waals surface area contributed by atoms with E-state index in [0.29, 0.717) is 51.4 Å². The van der Waals surface area contributed by atoms with Crippen LogP contribution in [0.5, 0.6) is 34.5 Å². The van der Waals surface area contributed by atoms with Crippen LogP contribution in [0, 0.1) is 0 Å². The number of para-hydroxylation sites is 2. The molecule has 3 rings (SSSR count). The second-order valence-corrected chi connectivity index (χ2v) is 7.69. The summed E-state index contributed by atoms with van der Waals surface area (Å²) in [6.07, 6.45) is 2.97. The van der Waals surface area contributed by atoms with Gasteiger partial charge in [0.25, 0.3) is 5.91 Å². The zero-order valence-corrected chi connectivity index (χ0v) is 22.0. The van der Waals surface area contributed by atoms with Crippen molar-refractivity contribution < 1.29 is 38.0 Å². The molecule has 0 fully saturated rings. The summed E-state index contributed by atoms with van der Waals surface area (Å²) >= 11 is 0. The first kappa shape index (κ1) is 27.7. The number of rotatable bonds is 11. The van der Waals surface area contributed by atoms with Crippen LogP contribution in [0.15, 0.2) is 54.6 Å². The molecule has 3 aromatic carbocycles. The molecule has 200 valence electrons. The molecule has 0 saturated carbocycles. The van der Waals surface area contributed by atoms with E-state index in [0.717, 1.165) is 0 Å². The fourth-order valence-electron chi connectivity index (χ4n) is 3.65. The highest BCUT2D eigenvalue weighted by Crippen LogP contribution is 2.39. The molecular weight excluding hydrogens is 492 g/mol. The van der Waals surface area contributed by atoms with Crippen LogP contribution in [-0.2, 0) is 4.79 Å². The third-order valence-electron chi connectivity index (χ3n) is 5.47. The van der Waals surface area contributed by atoms with Crippen molar-refractivity contribution in [3.8, 4) is 34.5 Å². The maximum atomic E-state index is 13.0. The van der Waals surface area contributed by atoms with E-state index in [1.54, 1.807) is 42.5 Å². The molecule has 0 aliphatic heterocycles. The average molecular weight is 523 g/mol. The predicted molar refractivity (Wildman–Crippen MR) is 144 cm³/mol. The summed E-state index contributed by atoms with van der Waals surface area (Å²) in [5, 5.41) is 5.60. The summed E-state index contributed by atoms with van der Waals surface area (Å²) < 4.78 is 32.0. The van der Waals surface area contributed by atoms with Crippen molar-refractivity contribution in [1.29, 1.82) is 0 Å². The van der Waals surface area contributed by atoms with Crippen LogP contribution in [0.1, 0.15) is 15.9 Å². The smallest absolute Gasteiger partial charge is 0.255 e. The lowest BCUT2D eigenvalue weighted by atomic mass is 10.1. The Labute approximate surface area is 221 Å². The summed E-state index contributed by atoms with van der Waals surface area (Å²) in [7, 11) is 8.96. The molecule has 0 aliphatic carbocycles. The molecule has 0 bridgehead atoms. The maximum Gasteiger partial charge on any atom is 0.255 e. The quantitative estimate of drug-likeness (QED) is 0.350. The second-order valence-electron chi connectivity index (χ2n) is 7.69. The monoisotopic (exact) mass is 522 g/mol. The minimum Gasteiger partial charge on any atom is -0.493 e. The van der Waals surface area contributed by atoms with Gasteiger partial charge < -0.3 is 39.1 Å². The van der Waals surface area contributed by atoms with Crippen molar-refractivity contribution in [3.63, 3.8) is 0 Å². The Hall–Kier alpha value is -4.86. The Morgan fingerprint density at radius 2 is 1.08 bits per heavy atom. The molecule has 38 heavy (non-hydrogen) atoms. The number of methoxy groups -OCH3 is 6. The van der Waals surface area contributed by atoms with Gasteiger partial charge in [-0.3, -0.25) is 9.59 Å². The van der Waals surface area contributed by atoms with Crippen LogP contribution < -0.4 is 39.1 Å². The molecule has 0 unspecified atom stereocenters. The molecule has 0 spiro atoms. The minimum atomic E-state index is -0.432. The third kappa shape index (κ3) is 6.28. The number of anilines is 2. The van der Waals surface area contributed by atoms with Crippen molar-refractivity contribution in [2.45, 2.75) is 0 Å². The minimum absolute atomic E-state index is 0.280. The van der Waals surface area contributed by atoms with Crippen LogP contribution in [0.25, 0.3) is 6.08 Å². The van der Waals surface area contributed by atoms with Crippen LogP contribution in [0.3, 0.4) is 0 Å². The lowest BCUT2D eigenvalue weighted by Crippen LogP contribution is -2.16. The summed E-state index contributed by atoms with van der Waals surface area (Å²) in [6.45, 7) is 0. The molecule has 2 amide bonds. The molecule has 0 aromatic heterocycles. The summed E-state index contributed by atoms with van der Waals surface area (Å²) in [5.74, 6) is 1.60. The van der Waals surface area contributed by atoms with Crippen LogP contribution in [0.4, 0.5) is 11.4 Å².